The number of Topliss-reactive ketones (excluding diaryl/α,β-unsaturated/α-hetero) is 1. The predicted octanol–water partition coefficient (Wildman–Crippen LogP) is 0.998. The van der Waals surface area contributed by atoms with E-state index >= 15 is 0 Å². The molecule has 7 nitrogen and oxygen atoms in total. The molecule has 1 rings (SSSR count). The van der Waals surface area contributed by atoms with E-state index in [9.17, 15) is 19.5 Å². The SMILES string of the molecule is CCCCOc1ccc(C(=O)C(NC(C)=O)C(O)C(=O)O)cc1. The summed E-state index contributed by atoms with van der Waals surface area (Å²) in [5.41, 5.74) is 0.173. The molecule has 0 fully saturated rings. The van der Waals surface area contributed by atoms with E-state index in [1.54, 1.807) is 12.1 Å². The van der Waals surface area contributed by atoms with E-state index in [0.29, 0.717) is 12.4 Å². The van der Waals surface area contributed by atoms with Gasteiger partial charge in [-0.2, -0.15) is 0 Å². The lowest BCUT2D eigenvalue weighted by atomic mass is 9.99. The number of carboxylic acids is 1. The molecule has 0 aliphatic rings. The summed E-state index contributed by atoms with van der Waals surface area (Å²) in [6.45, 7) is 3.75. The summed E-state index contributed by atoms with van der Waals surface area (Å²) < 4.78 is 5.47. The number of aliphatic hydroxyl groups is 1. The van der Waals surface area contributed by atoms with Crippen LogP contribution in [0.4, 0.5) is 0 Å². The molecule has 0 bridgehead atoms. The summed E-state index contributed by atoms with van der Waals surface area (Å²) >= 11 is 0. The van der Waals surface area contributed by atoms with Gasteiger partial charge in [0.15, 0.2) is 11.9 Å². The monoisotopic (exact) mass is 323 g/mol. The minimum atomic E-state index is -2.02. The Bertz CT molecular complexity index is 554. The highest BCUT2D eigenvalue weighted by molar-refractivity contribution is 6.04. The molecule has 1 aromatic carbocycles. The van der Waals surface area contributed by atoms with Gasteiger partial charge in [-0.15, -0.1) is 0 Å². The summed E-state index contributed by atoms with van der Waals surface area (Å²) in [5, 5.41) is 20.6. The molecule has 0 saturated carbocycles. The van der Waals surface area contributed by atoms with Crippen molar-refractivity contribution >= 4 is 17.7 Å². The molecule has 3 N–H and O–H groups in total. The number of nitrogens with one attached hydrogen (secondary N) is 1. The molecule has 1 aromatic rings. The van der Waals surface area contributed by atoms with Crippen molar-refractivity contribution in [2.75, 3.05) is 6.61 Å². The van der Waals surface area contributed by atoms with Crippen LogP contribution in [0.3, 0.4) is 0 Å². The number of unbranched alkanes of at least 4 members (excludes halogenated alkanes) is 1. The van der Waals surface area contributed by atoms with E-state index in [1.165, 1.54) is 12.1 Å². The number of amides is 1. The largest absolute Gasteiger partial charge is 0.494 e. The van der Waals surface area contributed by atoms with E-state index < -0.39 is 29.8 Å². The number of hydrogen-bond donors (Lipinski definition) is 3. The molecule has 1 amide bonds. The second-order valence-electron chi connectivity index (χ2n) is 5.05. The lowest BCUT2D eigenvalue weighted by Crippen LogP contribution is -2.51. The Morgan fingerprint density at radius 1 is 1.22 bits per heavy atom. The van der Waals surface area contributed by atoms with Crippen LogP contribution in [0.15, 0.2) is 24.3 Å². The van der Waals surface area contributed by atoms with E-state index in [-0.39, 0.29) is 5.56 Å². The van der Waals surface area contributed by atoms with Crippen molar-refractivity contribution in [3.05, 3.63) is 29.8 Å². The standard InChI is InChI=1S/C16H21NO6/c1-3-4-9-23-12-7-5-11(6-8-12)14(19)13(17-10(2)18)15(20)16(21)22/h5-8,13,15,20H,3-4,9H2,1-2H3,(H,17,18)(H,21,22). The van der Waals surface area contributed by atoms with E-state index in [1.807, 2.05) is 6.92 Å². The predicted molar refractivity (Wildman–Crippen MR) is 82.4 cm³/mol. The summed E-state index contributed by atoms with van der Waals surface area (Å²) in [4.78, 5) is 34.3. The third kappa shape index (κ3) is 5.71. The first-order chi connectivity index (χ1) is 10.9. The zero-order valence-electron chi connectivity index (χ0n) is 13.1. The second-order valence-corrected chi connectivity index (χ2v) is 5.05. The number of aliphatic hydroxyl groups excluding tert-OH is 1. The number of carbonyl (C=O) groups is 3. The van der Waals surface area contributed by atoms with Gasteiger partial charge in [-0.3, -0.25) is 9.59 Å². The van der Waals surface area contributed by atoms with Crippen molar-refractivity contribution < 1.29 is 29.3 Å². The molecule has 2 atom stereocenters. The van der Waals surface area contributed by atoms with Gasteiger partial charge in [-0.25, -0.2) is 4.79 Å². The first-order valence-corrected chi connectivity index (χ1v) is 7.31. The summed E-state index contributed by atoms with van der Waals surface area (Å²) in [7, 11) is 0. The molecular weight excluding hydrogens is 302 g/mol. The molecule has 7 heteroatoms. The van der Waals surface area contributed by atoms with Crippen molar-refractivity contribution in [1.29, 1.82) is 0 Å². The molecule has 0 heterocycles. The molecule has 126 valence electrons. The second kappa shape index (κ2) is 8.89. The Morgan fingerprint density at radius 3 is 2.30 bits per heavy atom. The lowest BCUT2D eigenvalue weighted by molar-refractivity contribution is -0.147. The van der Waals surface area contributed by atoms with Crippen LogP contribution in [-0.2, 0) is 9.59 Å². The third-order valence-electron chi connectivity index (χ3n) is 3.12. The smallest absolute Gasteiger partial charge is 0.335 e. The molecule has 23 heavy (non-hydrogen) atoms. The number of hydrogen-bond acceptors (Lipinski definition) is 5. The van der Waals surface area contributed by atoms with Gasteiger partial charge in [0.25, 0.3) is 0 Å². The highest BCUT2D eigenvalue weighted by Crippen LogP contribution is 2.15. The number of rotatable bonds is 9. The van der Waals surface area contributed by atoms with Crippen molar-refractivity contribution in [3.8, 4) is 5.75 Å². The Balaban J connectivity index is 2.86. The van der Waals surface area contributed by atoms with Crippen LogP contribution in [0.25, 0.3) is 0 Å². The summed E-state index contributed by atoms with van der Waals surface area (Å²) in [6, 6.07) is 4.55. The van der Waals surface area contributed by atoms with E-state index in [4.69, 9.17) is 9.84 Å². The molecule has 0 aromatic heterocycles. The van der Waals surface area contributed by atoms with E-state index in [2.05, 4.69) is 5.32 Å². The minimum Gasteiger partial charge on any atom is -0.494 e. The number of carboxylic acid groups (broad SMARTS) is 1. The van der Waals surface area contributed by atoms with Gasteiger partial charge in [-0.05, 0) is 30.7 Å². The maximum atomic E-state index is 12.3. The third-order valence-corrected chi connectivity index (χ3v) is 3.12. The molecule has 2 unspecified atom stereocenters. The molecule has 0 aliphatic carbocycles. The van der Waals surface area contributed by atoms with Gasteiger partial charge in [0, 0.05) is 12.5 Å². The maximum Gasteiger partial charge on any atom is 0.335 e. The van der Waals surface area contributed by atoms with Crippen molar-refractivity contribution in [3.63, 3.8) is 0 Å². The average Bonchev–Trinajstić information content (AvgIpc) is 2.52. The fourth-order valence-electron chi connectivity index (χ4n) is 1.88. The quantitative estimate of drug-likeness (QED) is 0.461. The summed E-state index contributed by atoms with van der Waals surface area (Å²) in [5.74, 6) is -2.29. The van der Waals surface area contributed by atoms with Crippen LogP contribution in [0.2, 0.25) is 0 Å². The maximum absolute atomic E-state index is 12.3. The molecule has 0 spiro atoms. The topological polar surface area (TPSA) is 113 Å². The molecular formula is C16H21NO6. The van der Waals surface area contributed by atoms with Gasteiger partial charge < -0.3 is 20.3 Å². The van der Waals surface area contributed by atoms with Crippen LogP contribution < -0.4 is 10.1 Å². The first kappa shape index (κ1) is 18.6. The fourth-order valence-corrected chi connectivity index (χ4v) is 1.88. The number of aliphatic carboxylic acids is 1. The van der Waals surface area contributed by atoms with Crippen LogP contribution >= 0.6 is 0 Å². The first-order valence-electron chi connectivity index (χ1n) is 7.31. The van der Waals surface area contributed by atoms with Gasteiger partial charge in [0.1, 0.15) is 11.8 Å². The molecule has 0 aliphatic heterocycles. The summed E-state index contributed by atoms with van der Waals surface area (Å²) in [6.07, 6.45) is -0.107. The number of ketones is 1. The van der Waals surface area contributed by atoms with E-state index in [0.717, 1.165) is 19.8 Å². The minimum absolute atomic E-state index is 0.173. The Morgan fingerprint density at radius 2 is 1.83 bits per heavy atom. The number of benzene rings is 1. The Hall–Kier alpha value is -2.41. The zero-order chi connectivity index (χ0) is 17.4. The average molecular weight is 323 g/mol. The Kier molecular flexibility index (Phi) is 7.21. The van der Waals surface area contributed by atoms with Crippen LogP contribution in [0.1, 0.15) is 37.0 Å². The highest BCUT2D eigenvalue weighted by Gasteiger charge is 2.33. The van der Waals surface area contributed by atoms with Crippen molar-refractivity contribution in [2.45, 2.75) is 38.8 Å². The lowest BCUT2D eigenvalue weighted by Gasteiger charge is -2.19. The normalized spacial score (nSPS) is 13.0. The Labute approximate surface area is 134 Å². The van der Waals surface area contributed by atoms with Gasteiger partial charge in [0.05, 0.1) is 6.61 Å². The van der Waals surface area contributed by atoms with Gasteiger partial charge in [-0.1, -0.05) is 13.3 Å². The van der Waals surface area contributed by atoms with Gasteiger partial charge >= 0.3 is 5.97 Å². The van der Waals surface area contributed by atoms with Crippen LogP contribution in [0.5, 0.6) is 5.75 Å². The van der Waals surface area contributed by atoms with Crippen molar-refractivity contribution in [2.24, 2.45) is 0 Å². The number of carbonyl (C=O) groups excluding carboxylic acids is 2. The van der Waals surface area contributed by atoms with Crippen LogP contribution in [0, 0.1) is 0 Å². The fraction of sp³-hybridized carbons (Fsp3) is 0.438. The number of ether oxygens (including phenoxy) is 1. The highest BCUT2D eigenvalue weighted by atomic mass is 16.5. The molecule has 0 radical (unpaired) electrons. The van der Waals surface area contributed by atoms with Crippen molar-refractivity contribution in [1.82, 2.24) is 5.32 Å². The van der Waals surface area contributed by atoms with Crippen LogP contribution in [-0.4, -0.2) is 46.6 Å². The van der Waals surface area contributed by atoms with Gasteiger partial charge in [0.2, 0.25) is 5.91 Å². The molecule has 0 saturated heterocycles. The zero-order valence-corrected chi connectivity index (χ0v) is 13.1.